The van der Waals surface area contributed by atoms with Crippen molar-refractivity contribution in [3.05, 3.63) is 86.8 Å². The monoisotopic (exact) mass is 574 g/mol. The predicted molar refractivity (Wildman–Crippen MR) is 132 cm³/mol. The SMILES string of the molecule is CN(Cc1nn(C)c(=O)n1C)C1CCC(OCCc2cc(C(F)(F)F)cc(C(F)(F)F)c2)C1c1ccc(F)cc1. The minimum Gasteiger partial charge on any atom is -0.377 e. The largest absolute Gasteiger partial charge is 0.416 e. The summed E-state index contributed by atoms with van der Waals surface area (Å²) in [7, 11) is 5.03. The molecule has 0 N–H and O–H groups in total. The van der Waals surface area contributed by atoms with Gasteiger partial charge in [0.1, 0.15) is 11.6 Å². The zero-order valence-corrected chi connectivity index (χ0v) is 22.1. The van der Waals surface area contributed by atoms with Crippen LogP contribution < -0.4 is 5.69 Å². The number of nitrogens with zero attached hydrogens (tertiary/aromatic N) is 4. The Hall–Kier alpha value is -3.19. The third kappa shape index (κ3) is 6.57. The molecule has 218 valence electrons. The van der Waals surface area contributed by atoms with Crippen molar-refractivity contribution in [1.82, 2.24) is 19.2 Å². The van der Waals surface area contributed by atoms with Crippen LogP contribution in [0.3, 0.4) is 0 Å². The van der Waals surface area contributed by atoms with Crippen molar-refractivity contribution in [1.29, 1.82) is 0 Å². The molecule has 0 radical (unpaired) electrons. The molecule has 0 amide bonds. The number of aromatic nitrogens is 3. The summed E-state index contributed by atoms with van der Waals surface area (Å²) in [5, 5.41) is 4.27. The molecular formula is C27H29F7N4O2. The minimum absolute atomic E-state index is 0.101. The first kappa shape index (κ1) is 29.8. The average molecular weight is 575 g/mol. The van der Waals surface area contributed by atoms with Gasteiger partial charge in [-0.05, 0) is 67.8 Å². The van der Waals surface area contributed by atoms with Crippen LogP contribution in [0.15, 0.2) is 47.3 Å². The maximum atomic E-state index is 13.7. The van der Waals surface area contributed by atoms with Crippen LogP contribution in [0.5, 0.6) is 0 Å². The Balaban J connectivity index is 1.53. The highest BCUT2D eigenvalue weighted by atomic mass is 19.4. The first-order valence-electron chi connectivity index (χ1n) is 12.6. The van der Waals surface area contributed by atoms with E-state index in [0.29, 0.717) is 37.3 Å². The lowest BCUT2D eigenvalue weighted by atomic mass is 9.91. The lowest BCUT2D eigenvalue weighted by molar-refractivity contribution is -0.143. The van der Waals surface area contributed by atoms with E-state index in [0.717, 1.165) is 5.56 Å². The third-order valence-electron chi connectivity index (χ3n) is 7.36. The van der Waals surface area contributed by atoms with Crippen molar-refractivity contribution in [2.24, 2.45) is 14.1 Å². The van der Waals surface area contributed by atoms with Gasteiger partial charge in [0, 0.05) is 26.1 Å². The number of hydrogen-bond acceptors (Lipinski definition) is 4. The lowest BCUT2D eigenvalue weighted by Gasteiger charge is -2.32. The van der Waals surface area contributed by atoms with E-state index in [4.69, 9.17) is 4.74 Å². The molecule has 1 aromatic heterocycles. The number of aryl methyl sites for hydroxylation is 1. The van der Waals surface area contributed by atoms with Gasteiger partial charge in [0.25, 0.3) is 0 Å². The van der Waals surface area contributed by atoms with Crippen LogP contribution in [0, 0.1) is 5.82 Å². The molecule has 1 aliphatic carbocycles. The van der Waals surface area contributed by atoms with Crippen LogP contribution in [-0.2, 0) is 44.2 Å². The number of ether oxygens (including phenoxy) is 1. The molecule has 6 nitrogen and oxygen atoms in total. The maximum Gasteiger partial charge on any atom is 0.416 e. The molecule has 13 heteroatoms. The molecule has 0 spiro atoms. The standard InChI is InChI=1S/C27H29F7N4O2/c1-36(15-23-35-38(3)25(39)37(23)2)21-8-9-22(24(21)17-4-6-20(28)7-5-17)40-11-10-16-12-18(26(29,30)31)14-19(13-16)27(32,33)34/h4-7,12-14,21-22,24H,8-11,15H2,1-3H3. The van der Waals surface area contributed by atoms with Crippen molar-refractivity contribution in [3.63, 3.8) is 0 Å². The fourth-order valence-electron chi connectivity index (χ4n) is 5.33. The Morgan fingerprint density at radius 1 is 0.975 bits per heavy atom. The normalized spacial score (nSPS) is 20.0. The molecule has 0 aliphatic heterocycles. The Bertz CT molecular complexity index is 1350. The molecule has 40 heavy (non-hydrogen) atoms. The first-order chi connectivity index (χ1) is 18.6. The number of alkyl halides is 6. The van der Waals surface area contributed by atoms with Gasteiger partial charge in [0.2, 0.25) is 0 Å². The molecule has 1 saturated carbocycles. The smallest absolute Gasteiger partial charge is 0.377 e. The number of rotatable bonds is 8. The molecule has 0 saturated heterocycles. The lowest BCUT2D eigenvalue weighted by Crippen LogP contribution is -2.37. The van der Waals surface area contributed by atoms with Crippen LogP contribution in [0.4, 0.5) is 30.7 Å². The Labute approximate surface area is 226 Å². The van der Waals surface area contributed by atoms with E-state index < -0.39 is 35.4 Å². The van der Waals surface area contributed by atoms with Crippen LogP contribution in [0.25, 0.3) is 0 Å². The molecule has 4 rings (SSSR count). The van der Waals surface area contributed by atoms with Crippen LogP contribution in [-0.4, -0.2) is 45.0 Å². The maximum absolute atomic E-state index is 13.7. The highest BCUT2D eigenvalue weighted by Gasteiger charge is 2.41. The summed E-state index contributed by atoms with van der Waals surface area (Å²) in [4.78, 5) is 14.1. The van der Waals surface area contributed by atoms with Crippen molar-refractivity contribution in [3.8, 4) is 0 Å². The highest BCUT2D eigenvalue weighted by molar-refractivity contribution is 5.34. The second kappa shape index (κ2) is 11.4. The third-order valence-corrected chi connectivity index (χ3v) is 7.36. The molecular weight excluding hydrogens is 545 g/mol. The second-order valence-corrected chi connectivity index (χ2v) is 10.1. The number of hydrogen-bond donors (Lipinski definition) is 0. The van der Waals surface area contributed by atoms with Crippen LogP contribution >= 0.6 is 0 Å². The van der Waals surface area contributed by atoms with E-state index in [9.17, 15) is 35.5 Å². The summed E-state index contributed by atoms with van der Waals surface area (Å²) in [5.41, 5.74) is -2.35. The molecule has 1 fully saturated rings. The Morgan fingerprint density at radius 3 is 2.10 bits per heavy atom. The molecule has 2 aromatic carbocycles. The predicted octanol–water partition coefficient (Wildman–Crippen LogP) is 5.30. The Morgan fingerprint density at radius 2 is 1.57 bits per heavy atom. The summed E-state index contributed by atoms with van der Waals surface area (Å²) >= 11 is 0. The van der Waals surface area contributed by atoms with Crippen molar-refractivity contribution < 1.29 is 35.5 Å². The summed E-state index contributed by atoms with van der Waals surface area (Å²) < 4.78 is 102. The Kier molecular flexibility index (Phi) is 8.46. The molecule has 3 atom stereocenters. The zero-order chi connectivity index (χ0) is 29.4. The van der Waals surface area contributed by atoms with Crippen molar-refractivity contribution >= 4 is 0 Å². The van der Waals surface area contributed by atoms with E-state index in [1.807, 2.05) is 11.9 Å². The van der Waals surface area contributed by atoms with Gasteiger partial charge in [0.05, 0.1) is 30.4 Å². The summed E-state index contributed by atoms with van der Waals surface area (Å²) in [5.74, 6) is -0.140. The van der Waals surface area contributed by atoms with Crippen LogP contribution in [0.1, 0.15) is 46.8 Å². The number of halogens is 7. The van der Waals surface area contributed by atoms with E-state index in [1.54, 1.807) is 26.2 Å². The number of benzene rings is 2. The zero-order valence-electron chi connectivity index (χ0n) is 22.1. The summed E-state index contributed by atoms with van der Waals surface area (Å²) in [6.45, 7) is 0.234. The van der Waals surface area contributed by atoms with Gasteiger partial charge < -0.3 is 4.74 Å². The summed E-state index contributed by atoms with van der Waals surface area (Å²) in [6, 6.07) is 7.33. The molecule has 1 heterocycles. The average Bonchev–Trinajstić information content (AvgIpc) is 3.40. The fourth-order valence-corrected chi connectivity index (χ4v) is 5.33. The van der Waals surface area contributed by atoms with E-state index in [-0.39, 0.29) is 42.3 Å². The van der Waals surface area contributed by atoms with E-state index in [2.05, 4.69) is 5.10 Å². The molecule has 3 aromatic rings. The quantitative estimate of drug-likeness (QED) is 0.343. The highest BCUT2D eigenvalue weighted by Crippen LogP contribution is 2.41. The van der Waals surface area contributed by atoms with Crippen LogP contribution in [0.2, 0.25) is 0 Å². The van der Waals surface area contributed by atoms with E-state index in [1.165, 1.54) is 21.4 Å². The van der Waals surface area contributed by atoms with Gasteiger partial charge in [-0.15, -0.1) is 0 Å². The van der Waals surface area contributed by atoms with Gasteiger partial charge in [-0.3, -0.25) is 9.47 Å². The van der Waals surface area contributed by atoms with Crippen molar-refractivity contribution in [2.45, 2.75) is 56.2 Å². The second-order valence-electron chi connectivity index (χ2n) is 10.1. The van der Waals surface area contributed by atoms with Gasteiger partial charge in [0.15, 0.2) is 0 Å². The van der Waals surface area contributed by atoms with Crippen molar-refractivity contribution in [2.75, 3.05) is 13.7 Å². The van der Waals surface area contributed by atoms with Gasteiger partial charge in [-0.2, -0.15) is 31.4 Å². The van der Waals surface area contributed by atoms with E-state index >= 15 is 0 Å². The van der Waals surface area contributed by atoms with Gasteiger partial charge >= 0.3 is 18.0 Å². The molecule has 3 unspecified atom stereocenters. The van der Waals surface area contributed by atoms with Gasteiger partial charge in [-0.1, -0.05) is 12.1 Å². The molecule has 0 bridgehead atoms. The minimum atomic E-state index is -4.93. The fraction of sp³-hybridized carbons (Fsp3) is 0.481. The molecule has 1 aliphatic rings. The number of likely N-dealkylation sites (N-methyl/N-ethyl adjacent to an activating group) is 1. The van der Waals surface area contributed by atoms with Gasteiger partial charge in [-0.25, -0.2) is 13.9 Å². The first-order valence-corrected chi connectivity index (χ1v) is 12.6. The summed E-state index contributed by atoms with van der Waals surface area (Å²) in [6.07, 6.45) is -9.20. The topological polar surface area (TPSA) is 52.3 Å².